The molecule has 1 fully saturated rings. The van der Waals surface area contributed by atoms with Crippen molar-refractivity contribution in [3.63, 3.8) is 0 Å². The minimum Gasteiger partial charge on any atom is -0.382 e. The number of anilines is 1. The molecule has 96 valence electrons. The monoisotopic (exact) mass is 263 g/mol. The Kier molecular flexibility index (Phi) is 3.79. The molecule has 0 amide bonds. The molecular formula is C14H18ClN3. The van der Waals surface area contributed by atoms with Gasteiger partial charge in [0.2, 0.25) is 0 Å². The van der Waals surface area contributed by atoms with Gasteiger partial charge >= 0.3 is 0 Å². The van der Waals surface area contributed by atoms with Crippen molar-refractivity contribution >= 4 is 17.3 Å². The number of hydrogen-bond acceptors (Lipinski definition) is 3. The van der Waals surface area contributed by atoms with E-state index in [1.165, 1.54) is 19.3 Å². The Morgan fingerprint density at radius 3 is 2.61 bits per heavy atom. The molecule has 0 aliphatic heterocycles. The average Bonchev–Trinajstić information content (AvgIpc) is 2.28. The second-order valence-electron chi connectivity index (χ2n) is 5.13. The van der Waals surface area contributed by atoms with Crippen molar-refractivity contribution in [1.29, 1.82) is 5.26 Å². The molecular weight excluding hydrogens is 246 g/mol. The Labute approximate surface area is 113 Å². The number of nitrogens with zero attached hydrogens (tertiary/aromatic N) is 2. The Hall–Kier alpha value is -1.24. The molecule has 0 bridgehead atoms. The highest BCUT2D eigenvalue weighted by Crippen LogP contribution is 2.36. The van der Waals surface area contributed by atoms with Crippen molar-refractivity contribution < 1.29 is 0 Å². The standard InChI is InChI=1S/C14H18ClN3/c1-18(2)14(6-3-7-14)10-17-13-5-4-11(9-16)8-12(13)15/h4-5,8,17H,3,6-7,10H2,1-2H3. The Balaban J connectivity index is 2.04. The number of likely N-dealkylation sites (N-methyl/N-ethyl adjacent to an activating group) is 1. The van der Waals surface area contributed by atoms with Crippen LogP contribution in [0.3, 0.4) is 0 Å². The van der Waals surface area contributed by atoms with Crippen molar-refractivity contribution in [1.82, 2.24) is 4.90 Å². The summed E-state index contributed by atoms with van der Waals surface area (Å²) in [5, 5.41) is 12.8. The van der Waals surface area contributed by atoms with E-state index in [0.717, 1.165) is 12.2 Å². The van der Waals surface area contributed by atoms with Gasteiger partial charge in [-0.15, -0.1) is 0 Å². The first-order valence-corrected chi connectivity index (χ1v) is 6.56. The Morgan fingerprint density at radius 2 is 2.17 bits per heavy atom. The molecule has 0 unspecified atom stereocenters. The Bertz CT molecular complexity index is 472. The van der Waals surface area contributed by atoms with Crippen LogP contribution < -0.4 is 5.32 Å². The topological polar surface area (TPSA) is 39.1 Å². The number of halogens is 1. The molecule has 3 nitrogen and oxygen atoms in total. The largest absolute Gasteiger partial charge is 0.382 e. The highest BCUT2D eigenvalue weighted by Gasteiger charge is 2.38. The van der Waals surface area contributed by atoms with Crippen LogP contribution in [0.4, 0.5) is 5.69 Å². The lowest BCUT2D eigenvalue weighted by Crippen LogP contribution is -2.54. The zero-order chi connectivity index (χ0) is 13.2. The van der Waals surface area contributed by atoms with Crippen LogP contribution in [0.5, 0.6) is 0 Å². The molecule has 0 radical (unpaired) electrons. The van der Waals surface area contributed by atoms with Gasteiger partial charge in [0.05, 0.1) is 22.3 Å². The van der Waals surface area contributed by atoms with E-state index in [9.17, 15) is 0 Å². The smallest absolute Gasteiger partial charge is 0.0992 e. The minimum absolute atomic E-state index is 0.261. The van der Waals surface area contributed by atoms with Gasteiger partial charge in [-0.1, -0.05) is 11.6 Å². The molecule has 0 heterocycles. The van der Waals surface area contributed by atoms with Crippen LogP contribution in [0.1, 0.15) is 24.8 Å². The fraction of sp³-hybridized carbons (Fsp3) is 0.500. The van der Waals surface area contributed by atoms with E-state index >= 15 is 0 Å². The molecule has 2 rings (SSSR count). The zero-order valence-corrected chi connectivity index (χ0v) is 11.6. The third-order valence-electron chi connectivity index (χ3n) is 3.94. The number of benzene rings is 1. The van der Waals surface area contributed by atoms with Gasteiger partial charge in [-0.05, 0) is 51.6 Å². The van der Waals surface area contributed by atoms with E-state index in [1.54, 1.807) is 12.1 Å². The van der Waals surface area contributed by atoms with E-state index in [0.29, 0.717) is 10.6 Å². The van der Waals surface area contributed by atoms with E-state index in [2.05, 4.69) is 30.4 Å². The van der Waals surface area contributed by atoms with Crippen LogP contribution in [0.25, 0.3) is 0 Å². The van der Waals surface area contributed by atoms with Crippen LogP contribution >= 0.6 is 11.6 Å². The summed E-state index contributed by atoms with van der Waals surface area (Å²) in [6.45, 7) is 0.894. The van der Waals surface area contributed by atoms with E-state index in [1.807, 2.05) is 6.07 Å². The fourth-order valence-electron chi connectivity index (χ4n) is 2.35. The van der Waals surface area contributed by atoms with Crippen LogP contribution in [0, 0.1) is 11.3 Å². The SMILES string of the molecule is CN(C)C1(CNc2ccc(C#N)cc2Cl)CCC1. The van der Waals surface area contributed by atoms with Crippen LogP contribution in [-0.2, 0) is 0 Å². The van der Waals surface area contributed by atoms with Gasteiger partial charge in [-0.25, -0.2) is 0 Å². The van der Waals surface area contributed by atoms with Crippen LogP contribution in [0.15, 0.2) is 18.2 Å². The third kappa shape index (κ3) is 2.45. The minimum atomic E-state index is 0.261. The molecule has 4 heteroatoms. The highest BCUT2D eigenvalue weighted by molar-refractivity contribution is 6.33. The molecule has 18 heavy (non-hydrogen) atoms. The van der Waals surface area contributed by atoms with Crippen LogP contribution in [-0.4, -0.2) is 31.1 Å². The van der Waals surface area contributed by atoms with Crippen molar-refractivity contribution in [3.05, 3.63) is 28.8 Å². The van der Waals surface area contributed by atoms with Crippen molar-refractivity contribution in [3.8, 4) is 6.07 Å². The summed E-state index contributed by atoms with van der Waals surface area (Å²) in [4.78, 5) is 2.29. The number of nitrogens with one attached hydrogen (secondary N) is 1. The lowest BCUT2D eigenvalue weighted by Gasteiger charge is -2.47. The molecule has 1 aliphatic rings. The van der Waals surface area contributed by atoms with E-state index in [4.69, 9.17) is 16.9 Å². The molecule has 1 aromatic rings. The van der Waals surface area contributed by atoms with E-state index < -0.39 is 0 Å². The lowest BCUT2D eigenvalue weighted by atomic mass is 9.75. The summed E-state index contributed by atoms with van der Waals surface area (Å²) in [6.07, 6.45) is 3.74. The van der Waals surface area contributed by atoms with Crippen molar-refractivity contribution in [2.45, 2.75) is 24.8 Å². The van der Waals surface area contributed by atoms with Gasteiger partial charge in [0.25, 0.3) is 0 Å². The summed E-state index contributed by atoms with van der Waals surface area (Å²) in [5.41, 5.74) is 1.76. The molecule has 1 N–H and O–H groups in total. The molecule has 1 saturated carbocycles. The normalized spacial score (nSPS) is 17.1. The zero-order valence-electron chi connectivity index (χ0n) is 10.8. The van der Waals surface area contributed by atoms with Crippen LogP contribution in [0.2, 0.25) is 5.02 Å². The van der Waals surface area contributed by atoms with Gasteiger partial charge in [0.15, 0.2) is 0 Å². The molecule has 0 aromatic heterocycles. The molecule has 0 atom stereocenters. The number of rotatable bonds is 4. The maximum absolute atomic E-state index is 8.80. The summed E-state index contributed by atoms with van der Waals surface area (Å²) in [6, 6.07) is 7.46. The average molecular weight is 264 g/mol. The molecule has 1 aromatic carbocycles. The Morgan fingerprint density at radius 1 is 1.44 bits per heavy atom. The predicted octanol–water partition coefficient (Wildman–Crippen LogP) is 3.11. The van der Waals surface area contributed by atoms with Gasteiger partial charge in [-0.2, -0.15) is 5.26 Å². The summed E-state index contributed by atoms with van der Waals surface area (Å²) < 4.78 is 0. The predicted molar refractivity (Wildman–Crippen MR) is 74.9 cm³/mol. The molecule has 0 spiro atoms. The number of hydrogen-bond donors (Lipinski definition) is 1. The van der Waals surface area contributed by atoms with Crippen molar-refractivity contribution in [2.75, 3.05) is 26.0 Å². The first kappa shape index (κ1) is 13.2. The fourth-order valence-corrected chi connectivity index (χ4v) is 2.60. The summed E-state index contributed by atoms with van der Waals surface area (Å²) in [7, 11) is 4.25. The second kappa shape index (κ2) is 5.17. The maximum atomic E-state index is 8.80. The van der Waals surface area contributed by atoms with Gasteiger partial charge in [-0.3, -0.25) is 0 Å². The van der Waals surface area contributed by atoms with Gasteiger partial charge < -0.3 is 10.2 Å². The first-order chi connectivity index (χ1) is 8.57. The molecule has 1 aliphatic carbocycles. The first-order valence-electron chi connectivity index (χ1n) is 6.18. The quantitative estimate of drug-likeness (QED) is 0.907. The number of nitriles is 1. The lowest BCUT2D eigenvalue weighted by molar-refractivity contribution is 0.0739. The van der Waals surface area contributed by atoms with Gasteiger partial charge in [0.1, 0.15) is 0 Å². The third-order valence-corrected chi connectivity index (χ3v) is 4.25. The highest BCUT2D eigenvalue weighted by atomic mass is 35.5. The summed E-state index contributed by atoms with van der Waals surface area (Å²) >= 11 is 6.15. The molecule has 0 saturated heterocycles. The van der Waals surface area contributed by atoms with E-state index in [-0.39, 0.29) is 5.54 Å². The summed E-state index contributed by atoms with van der Waals surface area (Å²) in [5.74, 6) is 0. The second-order valence-corrected chi connectivity index (χ2v) is 5.54. The maximum Gasteiger partial charge on any atom is 0.0992 e. The van der Waals surface area contributed by atoms with Gasteiger partial charge in [0, 0.05) is 12.1 Å². The van der Waals surface area contributed by atoms with Crippen molar-refractivity contribution in [2.24, 2.45) is 0 Å².